The largest absolute Gasteiger partial charge is 0.497 e. The zero-order chi connectivity index (χ0) is 42.0. The standard InChI is InChI=1S/C53H54O7/c1-50(2)30-51(3,4)32-52(31-50)44-12-10-9-11-39(44)47-42-29-46(58-8)41(38-22-21-37(56-6)27-45(38)57-7)28-43(42)49-40(48(47)52)23-24-53(60-49,33-13-17-35(55-5)18-14-33)34-15-19-36(20-16-34)59-26-25-54/h9-24,27-29,54H,25-26,30-32H2,1-8H3. The third-order valence-corrected chi connectivity index (χ3v) is 12.9. The van der Waals surface area contributed by atoms with Crippen molar-refractivity contribution >= 4 is 16.8 Å². The van der Waals surface area contributed by atoms with Gasteiger partial charge in [0.1, 0.15) is 41.1 Å². The van der Waals surface area contributed by atoms with Gasteiger partial charge in [0.05, 0.1) is 35.0 Å². The zero-order valence-corrected chi connectivity index (χ0v) is 35.9. The molecular formula is C53H54O7. The molecule has 308 valence electrons. The highest BCUT2D eigenvalue weighted by molar-refractivity contribution is 6.11. The van der Waals surface area contributed by atoms with Gasteiger partial charge >= 0.3 is 0 Å². The van der Waals surface area contributed by atoms with E-state index in [1.54, 1.807) is 28.4 Å². The lowest BCUT2D eigenvalue weighted by molar-refractivity contribution is 0.0642. The Morgan fingerprint density at radius 2 is 1.22 bits per heavy atom. The van der Waals surface area contributed by atoms with E-state index in [1.807, 2.05) is 42.5 Å². The lowest BCUT2D eigenvalue weighted by Crippen LogP contribution is -2.44. The van der Waals surface area contributed by atoms with Gasteiger partial charge in [-0.3, -0.25) is 0 Å². The summed E-state index contributed by atoms with van der Waals surface area (Å²) >= 11 is 0. The van der Waals surface area contributed by atoms with Crippen molar-refractivity contribution in [3.8, 4) is 56.8 Å². The summed E-state index contributed by atoms with van der Waals surface area (Å²) in [5.74, 6) is 4.37. The predicted octanol–water partition coefficient (Wildman–Crippen LogP) is 11.8. The third kappa shape index (κ3) is 6.28. The molecule has 7 heteroatoms. The summed E-state index contributed by atoms with van der Waals surface area (Å²) in [5.41, 5.74) is 8.84. The topological polar surface area (TPSA) is 75.6 Å². The molecule has 1 unspecified atom stereocenters. The average Bonchev–Trinajstić information content (AvgIpc) is 3.52. The smallest absolute Gasteiger partial charge is 0.178 e. The van der Waals surface area contributed by atoms with Gasteiger partial charge in [-0.25, -0.2) is 0 Å². The fraction of sp³-hybridized carbons (Fsp3) is 0.321. The maximum atomic E-state index is 9.46. The number of hydrogen-bond acceptors (Lipinski definition) is 7. The number of hydrogen-bond donors (Lipinski definition) is 1. The fourth-order valence-electron chi connectivity index (χ4n) is 11.4. The van der Waals surface area contributed by atoms with Gasteiger partial charge in [0.25, 0.3) is 0 Å². The maximum Gasteiger partial charge on any atom is 0.178 e. The van der Waals surface area contributed by atoms with Gasteiger partial charge in [0, 0.05) is 44.7 Å². The van der Waals surface area contributed by atoms with E-state index in [9.17, 15) is 5.11 Å². The van der Waals surface area contributed by atoms with Crippen LogP contribution in [0, 0.1) is 10.8 Å². The van der Waals surface area contributed by atoms with Gasteiger partial charge in [0.15, 0.2) is 5.60 Å². The number of ether oxygens (including phenoxy) is 6. The molecule has 0 saturated heterocycles. The molecule has 0 bridgehead atoms. The van der Waals surface area contributed by atoms with Crippen molar-refractivity contribution in [1.29, 1.82) is 0 Å². The Hall–Kier alpha value is -5.92. The number of methoxy groups -OCH3 is 4. The number of fused-ring (bicyclic) bond motifs is 10. The van der Waals surface area contributed by atoms with E-state index in [0.717, 1.165) is 75.1 Å². The summed E-state index contributed by atoms with van der Waals surface area (Å²) in [4.78, 5) is 0. The van der Waals surface area contributed by atoms with E-state index in [1.165, 1.54) is 22.3 Å². The minimum Gasteiger partial charge on any atom is -0.497 e. The monoisotopic (exact) mass is 802 g/mol. The Balaban J connectivity index is 1.39. The second-order valence-electron chi connectivity index (χ2n) is 18.1. The number of rotatable bonds is 10. The Morgan fingerprint density at radius 1 is 0.600 bits per heavy atom. The highest BCUT2D eigenvalue weighted by Crippen LogP contribution is 2.67. The Kier molecular flexibility index (Phi) is 9.66. The molecule has 1 heterocycles. The molecule has 0 amide bonds. The van der Waals surface area contributed by atoms with Gasteiger partial charge < -0.3 is 33.5 Å². The predicted molar refractivity (Wildman–Crippen MR) is 239 cm³/mol. The van der Waals surface area contributed by atoms with E-state index in [0.29, 0.717) is 17.2 Å². The van der Waals surface area contributed by atoms with Gasteiger partial charge in [-0.05, 0) is 112 Å². The van der Waals surface area contributed by atoms with Crippen molar-refractivity contribution in [2.24, 2.45) is 10.8 Å². The number of aliphatic hydroxyl groups is 1. The van der Waals surface area contributed by atoms with Crippen LogP contribution in [0.3, 0.4) is 0 Å². The Bertz CT molecular complexity index is 2620. The fourth-order valence-corrected chi connectivity index (χ4v) is 11.4. The average molecular weight is 803 g/mol. The molecule has 1 aliphatic heterocycles. The summed E-state index contributed by atoms with van der Waals surface area (Å²) in [6.45, 7) is 9.91. The van der Waals surface area contributed by atoms with E-state index >= 15 is 0 Å². The molecule has 1 spiro atoms. The molecule has 1 atom stereocenters. The number of aliphatic hydroxyl groups excluding tert-OH is 1. The van der Waals surface area contributed by atoms with Crippen molar-refractivity contribution in [3.05, 3.63) is 137 Å². The highest BCUT2D eigenvalue weighted by Gasteiger charge is 2.55. The lowest BCUT2D eigenvalue weighted by atomic mass is 9.52. The molecular weight excluding hydrogens is 749 g/mol. The van der Waals surface area contributed by atoms with Crippen molar-refractivity contribution in [2.45, 2.75) is 58.0 Å². The summed E-state index contributed by atoms with van der Waals surface area (Å²) < 4.78 is 37.2. The van der Waals surface area contributed by atoms with Crippen molar-refractivity contribution < 1.29 is 33.5 Å². The first-order valence-electron chi connectivity index (χ1n) is 20.8. The number of benzene rings is 6. The first-order valence-corrected chi connectivity index (χ1v) is 20.8. The SMILES string of the molecule is COc1ccc(C2(c3ccc(OCCO)cc3)C=Cc3c4c(c5cc(OC)c(-c6ccc(OC)cc6OC)cc5c3O2)-c2ccccc2C42CC(C)(C)CC(C)(C)C2)cc1. The third-order valence-electron chi connectivity index (χ3n) is 12.9. The van der Waals surface area contributed by atoms with E-state index in [-0.39, 0.29) is 29.5 Å². The molecule has 6 aromatic rings. The second kappa shape index (κ2) is 14.7. The van der Waals surface area contributed by atoms with E-state index < -0.39 is 5.60 Å². The van der Waals surface area contributed by atoms with Gasteiger partial charge in [0.2, 0.25) is 0 Å². The van der Waals surface area contributed by atoms with Crippen molar-refractivity contribution in [1.82, 2.24) is 0 Å². The van der Waals surface area contributed by atoms with Crippen molar-refractivity contribution in [3.63, 3.8) is 0 Å². The second-order valence-corrected chi connectivity index (χ2v) is 18.1. The quantitative estimate of drug-likeness (QED) is 0.148. The van der Waals surface area contributed by atoms with Crippen LogP contribution in [0.4, 0.5) is 0 Å². The molecule has 2 aliphatic carbocycles. The molecule has 1 N–H and O–H groups in total. The van der Waals surface area contributed by atoms with Crippen molar-refractivity contribution in [2.75, 3.05) is 41.7 Å². The lowest BCUT2D eigenvalue weighted by Gasteiger charge is -2.52. The van der Waals surface area contributed by atoms with Gasteiger partial charge in [-0.15, -0.1) is 0 Å². The van der Waals surface area contributed by atoms with Crippen LogP contribution in [0.5, 0.6) is 34.5 Å². The van der Waals surface area contributed by atoms with Crippen LogP contribution in [0.25, 0.3) is 39.1 Å². The summed E-state index contributed by atoms with van der Waals surface area (Å²) in [6, 6.07) is 35.5. The first kappa shape index (κ1) is 39.5. The normalized spacial score (nSPS) is 18.9. The van der Waals surface area contributed by atoms with Crippen LogP contribution in [0.15, 0.2) is 109 Å². The van der Waals surface area contributed by atoms with E-state index in [4.69, 9.17) is 28.4 Å². The van der Waals surface area contributed by atoms with Crippen LogP contribution in [-0.2, 0) is 11.0 Å². The Morgan fingerprint density at radius 3 is 1.85 bits per heavy atom. The minimum absolute atomic E-state index is 0.0630. The highest BCUT2D eigenvalue weighted by atomic mass is 16.5. The summed E-state index contributed by atoms with van der Waals surface area (Å²) in [6.07, 6.45) is 7.73. The Labute approximate surface area is 353 Å². The molecule has 0 aromatic heterocycles. The van der Waals surface area contributed by atoms with Crippen LogP contribution in [0.1, 0.15) is 74.8 Å². The zero-order valence-electron chi connectivity index (χ0n) is 35.9. The molecule has 1 fully saturated rings. The van der Waals surface area contributed by atoms with Crippen LogP contribution in [-0.4, -0.2) is 46.8 Å². The molecule has 3 aliphatic rings. The first-order chi connectivity index (χ1) is 28.9. The van der Waals surface area contributed by atoms with Crippen LogP contribution in [0.2, 0.25) is 0 Å². The molecule has 9 rings (SSSR count). The molecule has 1 saturated carbocycles. The van der Waals surface area contributed by atoms with Crippen LogP contribution >= 0.6 is 0 Å². The maximum absolute atomic E-state index is 9.46. The minimum atomic E-state index is -1.03. The van der Waals surface area contributed by atoms with Gasteiger partial charge in [-0.2, -0.15) is 0 Å². The molecule has 6 aromatic carbocycles. The van der Waals surface area contributed by atoms with Gasteiger partial charge in [-0.1, -0.05) is 82.3 Å². The summed E-state index contributed by atoms with van der Waals surface area (Å²) in [5, 5.41) is 11.5. The summed E-state index contributed by atoms with van der Waals surface area (Å²) in [7, 11) is 6.76. The molecule has 7 nitrogen and oxygen atoms in total. The van der Waals surface area contributed by atoms with Crippen LogP contribution < -0.4 is 28.4 Å². The molecule has 60 heavy (non-hydrogen) atoms. The molecule has 0 radical (unpaired) electrons. The van der Waals surface area contributed by atoms with E-state index in [2.05, 4.69) is 101 Å².